The van der Waals surface area contributed by atoms with Crippen LogP contribution < -0.4 is 10.9 Å². The lowest BCUT2D eigenvalue weighted by molar-refractivity contribution is -0.127. The van der Waals surface area contributed by atoms with Gasteiger partial charge in [-0.05, 0) is 53.7 Å². The summed E-state index contributed by atoms with van der Waals surface area (Å²) >= 11 is 6.85. The Morgan fingerprint density at radius 2 is 1.90 bits per heavy atom. The number of hydrogen-bond donors (Lipinski definition) is 1. The minimum Gasteiger partial charge on any atom is -0.423 e. The summed E-state index contributed by atoms with van der Waals surface area (Å²) in [5.74, 6) is -1.09. The van der Waals surface area contributed by atoms with Gasteiger partial charge >= 0.3 is 5.63 Å². The second-order valence-electron chi connectivity index (χ2n) is 6.34. The van der Waals surface area contributed by atoms with Crippen molar-refractivity contribution in [2.24, 2.45) is 0 Å². The highest BCUT2D eigenvalue weighted by Gasteiger charge is 2.36. The van der Waals surface area contributed by atoms with Crippen molar-refractivity contribution in [2.45, 2.75) is 0 Å². The molecule has 1 aliphatic rings. The largest absolute Gasteiger partial charge is 0.423 e. The minimum atomic E-state index is -0.555. The van der Waals surface area contributed by atoms with Gasteiger partial charge in [0.1, 0.15) is 12.1 Å². The molecule has 7 nitrogen and oxygen atoms in total. The first kappa shape index (κ1) is 19.9. The lowest BCUT2D eigenvalue weighted by Crippen LogP contribution is -2.36. The Hall–Kier alpha value is -3.36. The molecular weight excluding hydrogens is 428 g/mol. The summed E-state index contributed by atoms with van der Waals surface area (Å²) in [6, 6.07) is 14.5. The third-order valence-corrected chi connectivity index (χ3v) is 5.52. The van der Waals surface area contributed by atoms with Gasteiger partial charge in [-0.1, -0.05) is 29.8 Å². The Balaban J connectivity index is 1.47. The molecule has 3 amide bonds. The van der Waals surface area contributed by atoms with E-state index in [1.165, 1.54) is 12.1 Å². The number of thioether (sulfide) groups is 1. The molecule has 2 aromatic carbocycles. The number of rotatable bonds is 4. The Labute approximate surface area is 179 Å². The van der Waals surface area contributed by atoms with E-state index in [1.807, 2.05) is 0 Å². The first-order chi connectivity index (χ1) is 14.4. The van der Waals surface area contributed by atoms with Crippen molar-refractivity contribution in [2.75, 3.05) is 11.9 Å². The maximum atomic E-state index is 12.6. The van der Waals surface area contributed by atoms with Crippen LogP contribution in [0.25, 0.3) is 17.0 Å². The molecule has 3 aromatic rings. The summed E-state index contributed by atoms with van der Waals surface area (Å²) in [7, 11) is 0. The number of amides is 3. The smallest absolute Gasteiger partial charge is 0.336 e. The van der Waals surface area contributed by atoms with Crippen LogP contribution in [0.3, 0.4) is 0 Å². The monoisotopic (exact) mass is 440 g/mol. The predicted molar refractivity (Wildman–Crippen MR) is 115 cm³/mol. The lowest BCUT2D eigenvalue weighted by atomic mass is 10.2. The number of carbonyl (C=O) groups is 3. The van der Waals surface area contributed by atoms with Gasteiger partial charge in [0.15, 0.2) is 0 Å². The van der Waals surface area contributed by atoms with E-state index >= 15 is 0 Å². The van der Waals surface area contributed by atoms with Crippen LogP contribution in [0, 0.1) is 0 Å². The highest BCUT2D eigenvalue weighted by atomic mass is 35.5. The number of imide groups is 1. The highest BCUT2D eigenvalue weighted by molar-refractivity contribution is 8.18. The fraction of sp³-hybridized carbons (Fsp3) is 0.0476. The summed E-state index contributed by atoms with van der Waals surface area (Å²) in [5.41, 5.74) is 0.969. The van der Waals surface area contributed by atoms with Crippen LogP contribution in [0.2, 0.25) is 5.02 Å². The average molecular weight is 441 g/mol. The van der Waals surface area contributed by atoms with Crippen LogP contribution in [0.1, 0.15) is 5.56 Å². The third-order valence-electron chi connectivity index (χ3n) is 4.27. The Kier molecular flexibility index (Phi) is 5.43. The van der Waals surface area contributed by atoms with E-state index in [4.69, 9.17) is 16.0 Å². The summed E-state index contributed by atoms with van der Waals surface area (Å²) < 4.78 is 5.04. The van der Waals surface area contributed by atoms with E-state index in [1.54, 1.807) is 48.5 Å². The average Bonchev–Trinajstić information content (AvgIpc) is 2.97. The van der Waals surface area contributed by atoms with Gasteiger partial charge in [0.25, 0.3) is 11.1 Å². The zero-order valence-electron chi connectivity index (χ0n) is 15.3. The second kappa shape index (κ2) is 8.17. The molecule has 1 aromatic heterocycles. The second-order valence-corrected chi connectivity index (χ2v) is 7.74. The van der Waals surface area contributed by atoms with Crippen LogP contribution in [0.15, 0.2) is 68.7 Å². The topological polar surface area (TPSA) is 96.7 Å². The van der Waals surface area contributed by atoms with E-state index < -0.39 is 29.2 Å². The number of benzene rings is 2. The van der Waals surface area contributed by atoms with Crippen molar-refractivity contribution in [3.63, 3.8) is 0 Å². The van der Waals surface area contributed by atoms with Crippen molar-refractivity contribution >= 4 is 63.1 Å². The van der Waals surface area contributed by atoms with E-state index in [9.17, 15) is 19.2 Å². The molecule has 0 saturated carbocycles. The molecule has 0 unspecified atom stereocenters. The van der Waals surface area contributed by atoms with Gasteiger partial charge in [-0.3, -0.25) is 19.3 Å². The number of nitrogens with zero attached hydrogens (tertiary/aromatic N) is 1. The van der Waals surface area contributed by atoms with Crippen LogP contribution in [-0.4, -0.2) is 28.5 Å². The van der Waals surface area contributed by atoms with Gasteiger partial charge in [-0.15, -0.1) is 0 Å². The SMILES string of the molecule is O=C(CN1C(=O)SC(=Cc2ccccc2Cl)C1=O)Nc1ccc2oc(=O)ccc2c1. The lowest BCUT2D eigenvalue weighted by Gasteiger charge is -2.12. The number of anilines is 1. The van der Waals surface area contributed by atoms with E-state index in [-0.39, 0.29) is 4.91 Å². The standard InChI is InChI=1S/C21H13ClN2O5S/c22-15-4-2-1-3-12(15)10-17-20(27)24(21(28)30-17)11-18(25)23-14-6-7-16-13(9-14)5-8-19(26)29-16/h1-10H,11H2,(H,23,25). The van der Waals surface area contributed by atoms with Crippen LogP contribution in [0.4, 0.5) is 10.5 Å². The van der Waals surface area contributed by atoms with Crippen LogP contribution in [0.5, 0.6) is 0 Å². The third kappa shape index (κ3) is 4.14. The fourth-order valence-corrected chi connectivity index (χ4v) is 3.88. The van der Waals surface area contributed by atoms with Gasteiger partial charge in [0.05, 0.1) is 4.91 Å². The number of halogens is 1. The Morgan fingerprint density at radius 3 is 2.70 bits per heavy atom. The molecular formula is C21H13ClN2O5S. The quantitative estimate of drug-likeness (QED) is 0.484. The van der Waals surface area contributed by atoms with Crippen molar-refractivity contribution in [3.8, 4) is 0 Å². The van der Waals surface area contributed by atoms with Gasteiger partial charge in [0, 0.05) is 22.2 Å². The summed E-state index contributed by atoms with van der Waals surface area (Å²) in [6.45, 7) is -0.424. The molecule has 9 heteroatoms. The molecule has 2 heterocycles. The molecule has 30 heavy (non-hydrogen) atoms. The molecule has 0 spiro atoms. The van der Waals surface area contributed by atoms with Crippen LogP contribution in [-0.2, 0) is 9.59 Å². The molecule has 0 atom stereocenters. The van der Waals surface area contributed by atoms with Crippen molar-refractivity contribution < 1.29 is 18.8 Å². The number of hydrogen-bond acceptors (Lipinski definition) is 6. The van der Waals surface area contributed by atoms with Crippen molar-refractivity contribution in [1.82, 2.24) is 4.90 Å². The van der Waals surface area contributed by atoms with E-state index in [0.717, 1.165) is 16.7 Å². The summed E-state index contributed by atoms with van der Waals surface area (Å²) in [6.07, 6.45) is 1.53. The first-order valence-electron chi connectivity index (χ1n) is 8.74. The minimum absolute atomic E-state index is 0.196. The molecule has 4 rings (SSSR count). The number of fused-ring (bicyclic) bond motifs is 1. The predicted octanol–water partition coefficient (Wildman–Crippen LogP) is 4.12. The molecule has 1 N–H and O–H groups in total. The fourth-order valence-electron chi connectivity index (χ4n) is 2.86. The Bertz CT molecular complexity index is 1280. The van der Waals surface area contributed by atoms with E-state index in [0.29, 0.717) is 27.2 Å². The molecule has 1 saturated heterocycles. The number of carbonyl (C=O) groups excluding carboxylic acids is 3. The molecule has 0 radical (unpaired) electrons. The maximum Gasteiger partial charge on any atom is 0.336 e. The van der Waals surface area contributed by atoms with Gasteiger partial charge in [0.2, 0.25) is 5.91 Å². The summed E-state index contributed by atoms with van der Waals surface area (Å²) in [4.78, 5) is 49.5. The zero-order valence-corrected chi connectivity index (χ0v) is 16.8. The maximum absolute atomic E-state index is 12.6. The van der Waals surface area contributed by atoms with Crippen molar-refractivity contribution in [1.29, 1.82) is 0 Å². The highest BCUT2D eigenvalue weighted by Crippen LogP contribution is 2.33. The van der Waals surface area contributed by atoms with Crippen LogP contribution >= 0.6 is 23.4 Å². The van der Waals surface area contributed by atoms with Gasteiger partial charge in [-0.25, -0.2) is 4.79 Å². The normalized spacial score (nSPS) is 15.2. The number of nitrogens with one attached hydrogen (secondary N) is 1. The molecule has 0 aliphatic carbocycles. The van der Waals surface area contributed by atoms with Crippen molar-refractivity contribution in [3.05, 3.63) is 80.5 Å². The summed E-state index contributed by atoms with van der Waals surface area (Å²) in [5, 5.41) is 3.18. The molecule has 150 valence electrons. The van der Waals surface area contributed by atoms with Gasteiger partial charge < -0.3 is 9.73 Å². The van der Waals surface area contributed by atoms with E-state index in [2.05, 4.69) is 5.32 Å². The molecule has 1 aliphatic heterocycles. The first-order valence-corrected chi connectivity index (χ1v) is 9.94. The van der Waals surface area contributed by atoms with Gasteiger partial charge in [-0.2, -0.15) is 0 Å². The molecule has 1 fully saturated rings. The zero-order chi connectivity index (χ0) is 21.3. The molecule has 0 bridgehead atoms. The Morgan fingerprint density at radius 1 is 1.10 bits per heavy atom.